The number of alkyl halides is 1. The average Bonchev–Trinajstić information content (AvgIpc) is 3.38. The molecular formula is C16H23FN4OS. The van der Waals surface area contributed by atoms with E-state index in [0.29, 0.717) is 31.8 Å². The van der Waals surface area contributed by atoms with Gasteiger partial charge in [-0.05, 0) is 19.1 Å². The van der Waals surface area contributed by atoms with Gasteiger partial charge in [0.25, 0.3) is 0 Å². The number of nitrogens with one attached hydrogen (secondary N) is 1. The molecule has 1 N–H and O–H groups in total. The number of carbonyl (C=O) groups is 1. The Bertz CT molecular complexity index is 585. The van der Waals surface area contributed by atoms with Crippen LogP contribution in [0.15, 0.2) is 11.2 Å². The van der Waals surface area contributed by atoms with Gasteiger partial charge in [-0.1, -0.05) is 11.8 Å². The van der Waals surface area contributed by atoms with E-state index in [-0.39, 0.29) is 12.5 Å². The van der Waals surface area contributed by atoms with Crippen LogP contribution in [0.25, 0.3) is 0 Å². The first-order chi connectivity index (χ1) is 11.0. The summed E-state index contributed by atoms with van der Waals surface area (Å²) in [6, 6.07) is 2.07. The molecular weight excluding hydrogens is 315 g/mol. The molecule has 0 unspecified atom stereocenters. The fourth-order valence-corrected chi connectivity index (χ4v) is 3.25. The van der Waals surface area contributed by atoms with Gasteiger partial charge in [0.2, 0.25) is 5.91 Å². The van der Waals surface area contributed by atoms with Gasteiger partial charge in [0.1, 0.15) is 11.5 Å². The van der Waals surface area contributed by atoms with Crippen molar-refractivity contribution < 1.29 is 9.18 Å². The van der Waals surface area contributed by atoms with Crippen molar-refractivity contribution in [1.82, 2.24) is 15.3 Å². The maximum atomic E-state index is 14.7. The van der Waals surface area contributed by atoms with Crippen LogP contribution in [0, 0.1) is 0 Å². The summed E-state index contributed by atoms with van der Waals surface area (Å²) in [6.07, 6.45) is 5.20. The lowest BCUT2D eigenvalue weighted by Gasteiger charge is -2.37. The van der Waals surface area contributed by atoms with Crippen molar-refractivity contribution in [3.8, 4) is 0 Å². The van der Waals surface area contributed by atoms with Crippen LogP contribution < -0.4 is 10.2 Å². The summed E-state index contributed by atoms with van der Waals surface area (Å²) in [5, 5.41) is 3.39. The molecule has 23 heavy (non-hydrogen) atoms. The number of nitrogens with zero attached hydrogens (tertiary/aromatic N) is 3. The third-order valence-electron chi connectivity index (χ3n) is 4.53. The van der Waals surface area contributed by atoms with Crippen LogP contribution in [0.5, 0.6) is 0 Å². The first-order valence-electron chi connectivity index (χ1n) is 8.10. The summed E-state index contributed by atoms with van der Waals surface area (Å²) in [4.78, 5) is 22.3. The second-order valence-corrected chi connectivity index (χ2v) is 7.23. The summed E-state index contributed by atoms with van der Waals surface area (Å²) in [5.41, 5.74) is -0.189. The Morgan fingerprint density at radius 3 is 2.70 bits per heavy atom. The highest BCUT2D eigenvalue weighted by atomic mass is 32.2. The fraction of sp³-hybridized carbons (Fsp3) is 0.688. The lowest BCUT2D eigenvalue weighted by Crippen LogP contribution is -2.48. The Kier molecular flexibility index (Phi) is 4.75. The second-order valence-electron chi connectivity index (χ2n) is 6.46. The van der Waals surface area contributed by atoms with Crippen LogP contribution in [0.4, 0.5) is 10.2 Å². The minimum absolute atomic E-state index is 0.101. The van der Waals surface area contributed by atoms with Crippen LogP contribution in [-0.4, -0.2) is 47.4 Å². The smallest absolute Gasteiger partial charge is 0.216 e. The molecule has 0 atom stereocenters. The number of aromatic nitrogens is 2. The molecule has 0 aromatic carbocycles. The zero-order valence-corrected chi connectivity index (χ0v) is 14.5. The fourth-order valence-electron chi connectivity index (χ4n) is 2.87. The van der Waals surface area contributed by atoms with Crippen molar-refractivity contribution in [3.63, 3.8) is 0 Å². The van der Waals surface area contributed by atoms with Crippen LogP contribution in [-0.2, 0) is 4.79 Å². The number of anilines is 1. The summed E-state index contributed by atoms with van der Waals surface area (Å²) in [5.74, 6) is 1.30. The van der Waals surface area contributed by atoms with Crippen molar-refractivity contribution in [2.75, 3.05) is 30.8 Å². The van der Waals surface area contributed by atoms with Crippen LogP contribution in [0.1, 0.15) is 44.2 Å². The van der Waals surface area contributed by atoms with Gasteiger partial charge < -0.3 is 10.2 Å². The van der Waals surface area contributed by atoms with Gasteiger partial charge in [-0.25, -0.2) is 14.4 Å². The Hall–Kier alpha value is -1.37. The quantitative estimate of drug-likeness (QED) is 0.660. The van der Waals surface area contributed by atoms with Crippen molar-refractivity contribution in [1.29, 1.82) is 0 Å². The predicted octanol–water partition coefficient (Wildman–Crippen LogP) is 2.52. The molecule has 0 spiro atoms. The van der Waals surface area contributed by atoms with Gasteiger partial charge in [-0.2, -0.15) is 0 Å². The molecule has 7 heteroatoms. The molecule has 5 nitrogen and oxygen atoms in total. The lowest BCUT2D eigenvalue weighted by atomic mass is 9.93. The number of piperidine rings is 1. The van der Waals surface area contributed by atoms with Crippen LogP contribution >= 0.6 is 11.8 Å². The standard InChI is InChI=1S/C16H23FN4OS/c1-11(22)18-10-16(17)5-7-21(8-6-16)14-9-13(12-3-4-12)19-15(20-14)23-2/h9,12H,3-8,10H2,1-2H3,(H,18,22). The lowest BCUT2D eigenvalue weighted by molar-refractivity contribution is -0.119. The van der Waals surface area contributed by atoms with Crippen molar-refractivity contribution in [2.24, 2.45) is 0 Å². The number of hydrogen-bond donors (Lipinski definition) is 1. The van der Waals surface area contributed by atoms with Gasteiger partial charge in [-0.15, -0.1) is 0 Å². The van der Waals surface area contributed by atoms with Crippen molar-refractivity contribution in [2.45, 2.75) is 49.4 Å². The van der Waals surface area contributed by atoms with Crippen molar-refractivity contribution in [3.05, 3.63) is 11.8 Å². The highest BCUT2D eigenvalue weighted by Gasteiger charge is 2.35. The van der Waals surface area contributed by atoms with Crippen LogP contribution in [0.2, 0.25) is 0 Å². The number of thioether (sulfide) groups is 1. The highest BCUT2D eigenvalue weighted by molar-refractivity contribution is 7.98. The number of rotatable bonds is 5. The molecule has 2 fully saturated rings. The second kappa shape index (κ2) is 6.63. The Balaban J connectivity index is 1.67. The number of carbonyl (C=O) groups excluding carboxylic acids is 1. The first kappa shape index (κ1) is 16.5. The topological polar surface area (TPSA) is 58.1 Å². The molecule has 0 radical (unpaired) electrons. The van der Waals surface area contributed by atoms with Gasteiger partial charge in [0.05, 0.1) is 12.2 Å². The van der Waals surface area contributed by atoms with E-state index in [9.17, 15) is 9.18 Å². The van der Waals surface area contributed by atoms with Crippen molar-refractivity contribution >= 4 is 23.5 Å². The first-order valence-corrected chi connectivity index (χ1v) is 9.33. The van der Waals surface area contributed by atoms with Gasteiger partial charge in [0, 0.05) is 44.8 Å². The molecule has 1 amide bonds. The summed E-state index contributed by atoms with van der Waals surface area (Å²) >= 11 is 1.55. The molecule has 1 aromatic heterocycles. The number of hydrogen-bond acceptors (Lipinski definition) is 5. The zero-order valence-electron chi connectivity index (χ0n) is 13.6. The highest BCUT2D eigenvalue weighted by Crippen LogP contribution is 2.40. The van der Waals surface area contributed by atoms with E-state index in [1.807, 2.05) is 6.26 Å². The summed E-state index contributed by atoms with van der Waals surface area (Å²) < 4.78 is 14.7. The minimum atomic E-state index is -1.31. The SMILES string of the molecule is CSc1nc(C2CC2)cc(N2CCC(F)(CNC(C)=O)CC2)n1. The molecule has 2 heterocycles. The monoisotopic (exact) mass is 338 g/mol. The third kappa shape index (κ3) is 4.13. The molecule has 1 aliphatic carbocycles. The van der Waals surface area contributed by atoms with E-state index >= 15 is 0 Å². The van der Waals surface area contributed by atoms with Gasteiger partial charge in [0.15, 0.2) is 5.16 Å². The summed E-state index contributed by atoms with van der Waals surface area (Å²) in [6.45, 7) is 2.75. The minimum Gasteiger partial charge on any atom is -0.356 e. The Morgan fingerprint density at radius 1 is 1.43 bits per heavy atom. The molecule has 1 saturated carbocycles. The van der Waals surface area contributed by atoms with E-state index in [4.69, 9.17) is 0 Å². The van der Waals surface area contributed by atoms with Gasteiger partial charge >= 0.3 is 0 Å². The predicted molar refractivity (Wildman–Crippen MR) is 89.8 cm³/mol. The molecule has 126 valence electrons. The van der Waals surface area contributed by atoms with E-state index in [1.54, 1.807) is 11.8 Å². The maximum absolute atomic E-state index is 14.7. The molecule has 2 aliphatic rings. The van der Waals surface area contributed by atoms with E-state index in [0.717, 1.165) is 16.7 Å². The maximum Gasteiger partial charge on any atom is 0.216 e. The molecule has 0 bridgehead atoms. The van der Waals surface area contributed by atoms with Gasteiger partial charge in [-0.3, -0.25) is 4.79 Å². The summed E-state index contributed by atoms with van der Waals surface area (Å²) in [7, 11) is 0. The molecule has 1 aliphatic heterocycles. The molecule has 1 aromatic rings. The number of amides is 1. The largest absolute Gasteiger partial charge is 0.356 e. The molecule has 1 saturated heterocycles. The van der Waals surface area contributed by atoms with Crippen LogP contribution in [0.3, 0.4) is 0 Å². The molecule has 3 rings (SSSR count). The Labute approximate surface area is 140 Å². The van der Waals surface area contributed by atoms with E-state index in [1.165, 1.54) is 19.8 Å². The van der Waals surface area contributed by atoms with E-state index in [2.05, 4.69) is 26.3 Å². The average molecular weight is 338 g/mol. The zero-order chi connectivity index (χ0) is 16.4. The third-order valence-corrected chi connectivity index (χ3v) is 5.08. The van der Waals surface area contributed by atoms with E-state index < -0.39 is 5.67 Å². The normalized spacial score (nSPS) is 20.4. The Morgan fingerprint density at radius 2 is 2.13 bits per heavy atom. The number of halogens is 1.